The topological polar surface area (TPSA) is 50.9 Å². The minimum absolute atomic E-state index is 0.430. The summed E-state index contributed by atoms with van der Waals surface area (Å²) in [4.78, 5) is 4.83. The normalized spacial score (nSPS) is 39.4. The fourth-order valence-electron chi connectivity index (χ4n) is 4.40. The summed E-state index contributed by atoms with van der Waals surface area (Å²) in [5.74, 6) is 4.60. The van der Waals surface area contributed by atoms with E-state index in [9.17, 15) is 0 Å². The lowest BCUT2D eigenvalue weighted by atomic mass is 10.0. The van der Waals surface area contributed by atoms with Gasteiger partial charge in [-0.15, -0.1) is 0 Å². The highest BCUT2D eigenvalue weighted by Gasteiger charge is 2.65. The van der Waals surface area contributed by atoms with E-state index in [2.05, 4.69) is 10.3 Å². The molecule has 1 aromatic rings. The second kappa shape index (κ2) is 3.67. The van der Waals surface area contributed by atoms with Gasteiger partial charge in [-0.2, -0.15) is 0 Å². The molecule has 3 saturated carbocycles. The third kappa shape index (κ3) is 1.41. The molecule has 3 N–H and O–H groups in total. The zero-order valence-electron chi connectivity index (χ0n) is 10.2. The van der Waals surface area contributed by atoms with Gasteiger partial charge in [0.05, 0.1) is 5.56 Å². The largest absolute Gasteiger partial charge is 0.389 e. The van der Waals surface area contributed by atoms with Crippen LogP contribution in [0.3, 0.4) is 0 Å². The van der Waals surface area contributed by atoms with E-state index in [1.807, 2.05) is 12.1 Å². The van der Waals surface area contributed by atoms with Crippen molar-refractivity contribution < 1.29 is 0 Å². The van der Waals surface area contributed by atoms with E-state index in [1.165, 1.54) is 19.3 Å². The first kappa shape index (κ1) is 10.7. The molecule has 4 heteroatoms. The zero-order valence-corrected chi connectivity index (χ0v) is 11.0. The minimum atomic E-state index is 0.430. The summed E-state index contributed by atoms with van der Waals surface area (Å²) >= 11 is 5.08. The number of fused-ring (bicyclic) bond motifs is 5. The first-order chi connectivity index (χ1) is 8.75. The van der Waals surface area contributed by atoms with Gasteiger partial charge in [0.15, 0.2) is 0 Å². The van der Waals surface area contributed by atoms with Crippen molar-refractivity contribution in [3.8, 4) is 0 Å². The summed E-state index contributed by atoms with van der Waals surface area (Å²) in [7, 11) is 0. The van der Waals surface area contributed by atoms with Crippen LogP contribution in [0.1, 0.15) is 24.8 Å². The Morgan fingerprint density at radius 2 is 2.06 bits per heavy atom. The van der Waals surface area contributed by atoms with Crippen LogP contribution in [0.4, 0.5) is 5.82 Å². The van der Waals surface area contributed by atoms with Crippen LogP contribution in [0.2, 0.25) is 0 Å². The lowest BCUT2D eigenvalue weighted by Crippen LogP contribution is -2.18. The van der Waals surface area contributed by atoms with Gasteiger partial charge in [-0.05, 0) is 55.1 Å². The van der Waals surface area contributed by atoms with Crippen LogP contribution in [-0.4, -0.2) is 16.0 Å². The fraction of sp³-hybridized carbons (Fsp3) is 0.571. The molecule has 2 bridgehead atoms. The molecule has 1 aromatic heterocycles. The molecule has 0 saturated heterocycles. The molecule has 0 spiro atoms. The Bertz CT molecular complexity index is 500. The molecule has 1 heterocycles. The third-order valence-electron chi connectivity index (χ3n) is 5.11. The first-order valence-electron chi connectivity index (χ1n) is 6.77. The number of nitrogens with one attached hydrogen (secondary N) is 1. The molecule has 4 unspecified atom stereocenters. The summed E-state index contributed by atoms with van der Waals surface area (Å²) in [5.41, 5.74) is 6.62. The summed E-state index contributed by atoms with van der Waals surface area (Å²) in [5, 5.41) is 3.59. The molecule has 0 radical (unpaired) electrons. The van der Waals surface area contributed by atoms with E-state index < -0.39 is 0 Å². The van der Waals surface area contributed by atoms with Crippen LogP contribution >= 0.6 is 12.2 Å². The van der Waals surface area contributed by atoms with E-state index >= 15 is 0 Å². The highest BCUT2D eigenvalue weighted by atomic mass is 32.1. The van der Waals surface area contributed by atoms with Crippen molar-refractivity contribution in [3.05, 3.63) is 23.9 Å². The van der Waals surface area contributed by atoms with Gasteiger partial charge in [-0.1, -0.05) is 12.2 Å². The van der Waals surface area contributed by atoms with Crippen LogP contribution in [0.15, 0.2) is 18.3 Å². The smallest absolute Gasteiger partial charge is 0.136 e. The molecule has 94 valence electrons. The Balaban J connectivity index is 1.55. The van der Waals surface area contributed by atoms with Gasteiger partial charge in [0.1, 0.15) is 10.8 Å². The van der Waals surface area contributed by atoms with Gasteiger partial charge in [-0.25, -0.2) is 4.98 Å². The zero-order chi connectivity index (χ0) is 12.3. The van der Waals surface area contributed by atoms with Gasteiger partial charge in [0.25, 0.3) is 0 Å². The maximum atomic E-state index is 5.74. The van der Waals surface area contributed by atoms with Gasteiger partial charge in [0, 0.05) is 12.2 Å². The maximum absolute atomic E-state index is 5.74. The fourth-order valence-corrected chi connectivity index (χ4v) is 4.56. The predicted octanol–water partition coefficient (Wildman–Crippen LogP) is 2.17. The minimum Gasteiger partial charge on any atom is -0.389 e. The van der Waals surface area contributed by atoms with Crippen LogP contribution in [-0.2, 0) is 0 Å². The van der Waals surface area contributed by atoms with Crippen LogP contribution in [0, 0.1) is 23.7 Å². The summed E-state index contributed by atoms with van der Waals surface area (Å²) in [6.45, 7) is 0. The highest BCUT2D eigenvalue weighted by molar-refractivity contribution is 7.80. The Kier molecular flexibility index (Phi) is 2.19. The van der Waals surface area contributed by atoms with Gasteiger partial charge in [0.2, 0.25) is 0 Å². The van der Waals surface area contributed by atoms with Crippen LogP contribution < -0.4 is 11.1 Å². The van der Waals surface area contributed by atoms with E-state index in [0.717, 1.165) is 35.1 Å². The molecule has 0 aliphatic heterocycles. The molecule has 4 atom stereocenters. The number of hydrogen-bond acceptors (Lipinski definition) is 3. The molecule has 0 amide bonds. The number of hydrogen-bond donors (Lipinski definition) is 2. The predicted molar refractivity (Wildman–Crippen MR) is 75.3 cm³/mol. The van der Waals surface area contributed by atoms with Crippen molar-refractivity contribution in [2.75, 3.05) is 5.32 Å². The van der Waals surface area contributed by atoms with E-state index in [4.69, 9.17) is 18.0 Å². The number of pyridine rings is 1. The highest BCUT2D eigenvalue weighted by Crippen LogP contribution is 2.66. The molecular formula is C14H17N3S. The van der Waals surface area contributed by atoms with Crippen molar-refractivity contribution in [2.24, 2.45) is 29.4 Å². The van der Waals surface area contributed by atoms with Gasteiger partial charge >= 0.3 is 0 Å². The summed E-state index contributed by atoms with van der Waals surface area (Å²) in [6, 6.07) is 4.46. The second-order valence-electron chi connectivity index (χ2n) is 5.92. The average molecular weight is 259 g/mol. The number of anilines is 1. The summed E-state index contributed by atoms with van der Waals surface area (Å²) in [6.07, 6.45) is 6.15. The lowest BCUT2D eigenvalue weighted by molar-refractivity contribution is 0.456. The monoisotopic (exact) mass is 259 g/mol. The first-order valence-corrected chi connectivity index (χ1v) is 7.18. The van der Waals surface area contributed by atoms with E-state index in [1.54, 1.807) is 6.20 Å². The van der Waals surface area contributed by atoms with Crippen molar-refractivity contribution >= 4 is 23.0 Å². The number of rotatable bonds is 3. The number of aromatic nitrogens is 1. The lowest BCUT2D eigenvalue weighted by Gasteiger charge is -2.13. The number of nitrogens with zero attached hydrogens (tertiary/aromatic N) is 1. The molecule has 3 aliphatic rings. The maximum Gasteiger partial charge on any atom is 0.136 e. The van der Waals surface area contributed by atoms with Crippen LogP contribution in [0.5, 0.6) is 0 Å². The Hall–Kier alpha value is -1.16. The average Bonchev–Trinajstić information content (AvgIpc) is 2.78. The molecule has 3 aliphatic carbocycles. The molecule has 0 aromatic carbocycles. The Morgan fingerprint density at radius 3 is 2.72 bits per heavy atom. The van der Waals surface area contributed by atoms with Crippen molar-refractivity contribution in [1.29, 1.82) is 0 Å². The number of thiocarbonyl (C=S) groups is 1. The Labute approximate surface area is 112 Å². The van der Waals surface area contributed by atoms with Crippen LogP contribution in [0.25, 0.3) is 0 Å². The van der Waals surface area contributed by atoms with E-state index in [0.29, 0.717) is 11.0 Å². The molecular weight excluding hydrogens is 242 g/mol. The standard InChI is InChI=1S/C14H17N3S/c15-13(18)9-2-1-5-16-14(9)17-12-10-7-3-4-8(6-7)11(10)12/h1-2,5,7-8,10-12H,3-4,6H2,(H2,15,18)(H,16,17). The Morgan fingerprint density at radius 1 is 1.33 bits per heavy atom. The quantitative estimate of drug-likeness (QED) is 0.817. The summed E-state index contributed by atoms with van der Waals surface area (Å²) < 4.78 is 0. The molecule has 18 heavy (non-hydrogen) atoms. The SMILES string of the molecule is NC(=S)c1cccnc1NC1C2C3CCC(C3)C12. The van der Waals surface area contributed by atoms with Crippen molar-refractivity contribution in [3.63, 3.8) is 0 Å². The second-order valence-corrected chi connectivity index (χ2v) is 6.36. The van der Waals surface area contributed by atoms with Gasteiger partial charge < -0.3 is 11.1 Å². The third-order valence-corrected chi connectivity index (χ3v) is 5.33. The van der Waals surface area contributed by atoms with Crippen molar-refractivity contribution in [1.82, 2.24) is 4.98 Å². The molecule has 4 rings (SSSR count). The molecule has 3 fully saturated rings. The van der Waals surface area contributed by atoms with Gasteiger partial charge in [-0.3, -0.25) is 0 Å². The van der Waals surface area contributed by atoms with E-state index in [-0.39, 0.29) is 0 Å². The number of nitrogens with two attached hydrogens (primary N) is 1. The van der Waals surface area contributed by atoms with Crippen molar-refractivity contribution in [2.45, 2.75) is 25.3 Å². The molecule has 3 nitrogen and oxygen atoms in total.